The quantitative estimate of drug-likeness (QED) is 0.751. The van der Waals surface area contributed by atoms with Crippen LogP contribution in [0.4, 0.5) is 0 Å². The van der Waals surface area contributed by atoms with E-state index >= 15 is 0 Å². The summed E-state index contributed by atoms with van der Waals surface area (Å²) in [5, 5.41) is 11.3. The summed E-state index contributed by atoms with van der Waals surface area (Å²) in [4.78, 5) is 23.1. The average Bonchev–Trinajstić information content (AvgIpc) is 2.84. The van der Waals surface area contributed by atoms with Gasteiger partial charge in [-0.1, -0.05) is 6.92 Å². The van der Waals surface area contributed by atoms with Crippen LogP contribution in [0.25, 0.3) is 0 Å². The fraction of sp³-hybridized carbons (Fsp3) is 0.700. The van der Waals surface area contributed by atoms with Crippen molar-refractivity contribution >= 4 is 11.8 Å². The van der Waals surface area contributed by atoms with Gasteiger partial charge in [-0.15, -0.1) is 0 Å². The van der Waals surface area contributed by atoms with E-state index in [1.807, 2.05) is 0 Å². The maximum atomic E-state index is 11.7. The highest BCUT2D eigenvalue weighted by Crippen LogP contribution is 2.62. The molecule has 4 aliphatic rings. The molecule has 0 aromatic heterocycles. The molecule has 0 heterocycles. The van der Waals surface area contributed by atoms with Gasteiger partial charge in [-0.05, 0) is 80.1 Å². The molecule has 4 rings (SSSR count). The van der Waals surface area contributed by atoms with Crippen molar-refractivity contribution in [3.63, 3.8) is 0 Å². The fourth-order valence-electron chi connectivity index (χ4n) is 6.19. The molecule has 0 aromatic carbocycles. The normalized spacial score (nSPS) is 46.6. The topological polar surface area (TPSA) is 63.6 Å². The molecule has 3 unspecified atom stereocenters. The summed E-state index contributed by atoms with van der Waals surface area (Å²) in [5.41, 5.74) is -0.0228. The molecule has 4 heteroatoms. The molecule has 0 amide bonds. The van der Waals surface area contributed by atoms with Gasteiger partial charge in [0, 0.05) is 12.3 Å². The van der Waals surface area contributed by atoms with Crippen LogP contribution in [0.5, 0.6) is 0 Å². The van der Waals surface area contributed by atoms with Crippen molar-refractivity contribution in [3.05, 3.63) is 23.8 Å². The fourth-order valence-corrected chi connectivity index (χ4v) is 6.19. The minimum atomic E-state index is -0.947. The van der Waals surface area contributed by atoms with E-state index in [-0.39, 0.29) is 29.2 Å². The highest BCUT2D eigenvalue weighted by atomic mass is 16.5. The number of fused-ring (bicyclic) bond motifs is 5. The Hall–Kier alpha value is -1.42. The van der Waals surface area contributed by atoms with Crippen molar-refractivity contribution in [2.75, 3.05) is 0 Å². The minimum absolute atomic E-state index is 0.00967. The number of ether oxygens (including phenoxy) is 1. The van der Waals surface area contributed by atoms with Crippen LogP contribution in [0.2, 0.25) is 0 Å². The molecule has 0 spiro atoms. The summed E-state index contributed by atoms with van der Waals surface area (Å²) < 4.78 is 5.64. The van der Waals surface area contributed by atoms with Crippen LogP contribution in [0.15, 0.2) is 23.8 Å². The highest BCUT2D eigenvalue weighted by molar-refractivity contribution is 6.01. The standard InChI is InChI=1S/C20H26O4/c1-12(21)24-18-6-5-16-15-4-3-13-11-14(22)7-10-20(13,23)17(15)8-9-19(16,18)2/h7,10-11,15-18,23H,3-6,8-9H2,1-2H3/t15?,16?,17?,18-,19-,20+/m0/s1. The molecular weight excluding hydrogens is 304 g/mol. The van der Waals surface area contributed by atoms with Gasteiger partial charge in [0.25, 0.3) is 0 Å². The van der Waals surface area contributed by atoms with Crippen LogP contribution in [-0.4, -0.2) is 28.6 Å². The Balaban J connectivity index is 1.63. The molecule has 3 saturated carbocycles. The molecule has 0 bridgehead atoms. The SMILES string of the molecule is CC(=O)O[C@H]1CCC2C3CCC4=CC(=O)C=C[C@]4(O)C3CC[C@@]21C. The van der Waals surface area contributed by atoms with Gasteiger partial charge < -0.3 is 9.84 Å². The molecule has 1 N–H and O–H groups in total. The lowest BCUT2D eigenvalue weighted by atomic mass is 9.51. The number of ketones is 1. The number of carbonyl (C=O) groups is 2. The Bertz CT molecular complexity index is 648. The number of aliphatic hydroxyl groups is 1. The maximum Gasteiger partial charge on any atom is 0.302 e. The smallest absolute Gasteiger partial charge is 0.302 e. The molecule has 0 radical (unpaired) electrons. The zero-order valence-electron chi connectivity index (χ0n) is 14.5. The van der Waals surface area contributed by atoms with E-state index in [2.05, 4.69) is 6.92 Å². The first kappa shape index (κ1) is 16.1. The molecule has 3 fully saturated rings. The van der Waals surface area contributed by atoms with Crippen LogP contribution in [0.3, 0.4) is 0 Å². The van der Waals surface area contributed by atoms with E-state index in [4.69, 9.17) is 4.74 Å². The van der Waals surface area contributed by atoms with Gasteiger partial charge >= 0.3 is 5.97 Å². The average molecular weight is 330 g/mol. The van der Waals surface area contributed by atoms with Crippen molar-refractivity contribution < 1.29 is 19.4 Å². The van der Waals surface area contributed by atoms with Crippen LogP contribution in [0, 0.1) is 23.2 Å². The third kappa shape index (κ3) is 2.15. The predicted molar refractivity (Wildman–Crippen MR) is 89.0 cm³/mol. The van der Waals surface area contributed by atoms with Gasteiger partial charge in [-0.25, -0.2) is 0 Å². The molecule has 24 heavy (non-hydrogen) atoms. The number of esters is 1. The van der Waals surface area contributed by atoms with Crippen molar-refractivity contribution in [2.45, 2.75) is 64.1 Å². The van der Waals surface area contributed by atoms with E-state index < -0.39 is 5.60 Å². The Labute approximate surface area is 143 Å². The van der Waals surface area contributed by atoms with Crippen LogP contribution >= 0.6 is 0 Å². The zero-order valence-corrected chi connectivity index (χ0v) is 14.5. The molecule has 0 aliphatic heterocycles. The first-order valence-corrected chi connectivity index (χ1v) is 9.18. The lowest BCUT2D eigenvalue weighted by Gasteiger charge is -2.55. The summed E-state index contributed by atoms with van der Waals surface area (Å²) in [7, 11) is 0. The number of carbonyl (C=O) groups excluding carboxylic acids is 2. The molecule has 130 valence electrons. The van der Waals surface area contributed by atoms with Crippen molar-refractivity contribution in [1.29, 1.82) is 0 Å². The molecular formula is C20H26O4. The summed E-state index contributed by atoms with van der Waals surface area (Å²) >= 11 is 0. The first-order chi connectivity index (χ1) is 11.3. The summed E-state index contributed by atoms with van der Waals surface area (Å²) in [5.74, 6) is 0.896. The molecule has 4 aliphatic carbocycles. The maximum absolute atomic E-state index is 11.7. The van der Waals surface area contributed by atoms with Crippen molar-refractivity contribution in [2.24, 2.45) is 23.2 Å². The minimum Gasteiger partial charge on any atom is -0.462 e. The first-order valence-electron chi connectivity index (χ1n) is 9.18. The van der Waals surface area contributed by atoms with Gasteiger partial charge in [0.15, 0.2) is 5.78 Å². The van der Waals surface area contributed by atoms with E-state index in [1.165, 1.54) is 13.0 Å². The van der Waals surface area contributed by atoms with Crippen LogP contribution < -0.4 is 0 Å². The number of allylic oxidation sites excluding steroid dienone is 2. The summed E-state index contributed by atoms with van der Waals surface area (Å²) in [6.07, 6.45) is 10.6. The second-order valence-electron chi connectivity index (χ2n) is 8.37. The second kappa shape index (κ2) is 5.29. The predicted octanol–water partition coefficient (Wildman–Crippen LogP) is 2.95. The van der Waals surface area contributed by atoms with Crippen LogP contribution in [-0.2, 0) is 14.3 Å². The summed E-state index contributed by atoms with van der Waals surface area (Å²) in [6, 6.07) is 0. The second-order valence-corrected chi connectivity index (χ2v) is 8.37. The lowest BCUT2D eigenvalue weighted by Crippen LogP contribution is -2.54. The Morgan fingerprint density at radius 2 is 2.04 bits per heavy atom. The molecule has 4 nitrogen and oxygen atoms in total. The van der Waals surface area contributed by atoms with Gasteiger partial charge in [0.1, 0.15) is 11.7 Å². The van der Waals surface area contributed by atoms with Gasteiger partial charge in [0.05, 0.1) is 0 Å². The monoisotopic (exact) mass is 330 g/mol. The molecule has 6 atom stereocenters. The molecule has 0 aromatic rings. The van der Waals surface area contributed by atoms with Gasteiger partial charge in [-0.2, -0.15) is 0 Å². The number of hydrogen-bond donors (Lipinski definition) is 1. The van der Waals surface area contributed by atoms with E-state index in [1.54, 1.807) is 12.2 Å². The Morgan fingerprint density at radius 1 is 1.25 bits per heavy atom. The largest absolute Gasteiger partial charge is 0.462 e. The highest BCUT2D eigenvalue weighted by Gasteiger charge is 2.60. The lowest BCUT2D eigenvalue weighted by molar-refractivity contribution is -0.158. The van der Waals surface area contributed by atoms with Crippen LogP contribution in [0.1, 0.15) is 52.4 Å². The van der Waals surface area contributed by atoms with E-state index in [0.717, 1.165) is 44.1 Å². The Morgan fingerprint density at radius 3 is 2.79 bits per heavy atom. The van der Waals surface area contributed by atoms with Gasteiger partial charge in [0.2, 0.25) is 0 Å². The Kier molecular flexibility index (Phi) is 3.54. The third-order valence-electron chi connectivity index (χ3n) is 7.30. The van der Waals surface area contributed by atoms with E-state index in [0.29, 0.717) is 11.8 Å². The van der Waals surface area contributed by atoms with Crippen molar-refractivity contribution in [1.82, 2.24) is 0 Å². The number of rotatable bonds is 1. The van der Waals surface area contributed by atoms with Crippen molar-refractivity contribution in [3.8, 4) is 0 Å². The summed E-state index contributed by atoms with van der Waals surface area (Å²) in [6.45, 7) is 3.76. The zero-order chi connectivity index (χ0) is 17.1. The van der Waals surface area contributed by atoms with Gasteiger partial charge in [-0.3, -0.25) is 9.59 Å². The third-order valence-corrected chi connectivity index (χ3v) is 7.30. The number of hydrogen-bond acceptors (Lipinski definition) is 4. The van der Waals surface area contributed by atoms with E-state index in [9.17, 15) is 14.7 Å². The molecule has 0 saturated heterocycles.